The topological polar surface area (TPSA) is 0 Å². The molecular formula is C12H17F. The van der Waals surface area contributed by atoms with E-state index in [2.05, 4.69) is 13.5 Å². The first-order valence-electron chi connectivity index (χ1n) is 4.77. The lowest BCUT2D eigenvalue weighted by Gasteiger charge is -2.40. The van der Waals surface area contributed by atoms with E-state index in [9.17, 15) is 4.39 Å². The highest BCUT2D eigenvalue weighted by molar-refractivity contribution is 5.33. The first-order valence-corrected chi connectivity index (χ1v) is 4.77. The van der Waals surface area contributed by atoms with E-state index in [1.165, 1.54) is 0 Å². The van der Waals surface area contributed by atoms with E-state index < -0.39 is 5.67 Å². The van der Waals surface area contributed by atoms with Gasteiger partial charge in [-0.1, -0.05) is 37.8 Å². The van der Waals surface area contributed by atoms with Gasteiger partial charge in [0.1, 0.15) is 5.67 Å². The van der Waals surface area contributed by atoms with Gasteiger partial charge >= 0.3 is 0 Å². The van der Waals surface area contributed by atoms with Crippen LogP contribution in [0, 0.1) is 5.92 Å². The minimum absolute atomic E-state index is 0.513. The lowest BCUT2D eigenvalue weighted by Crippen LogP contribution is -2.39. The molecule has 0 amide bonds. The van der Waals surface area contributed by atoms with E-state index in [0.717, 1.165) is 5.57 Å². The number of halogens is 1. The van der Waals surface area contributed by atoms with Crippen molar-refractivity contribution in [1.82, 2.24) is 0 Å². The van der Waals surface area contributed by atoms with Crippen LogP contribution in [0.2, 0.25) is 0 Å². The van der Waals surface area contributed by atoms with Crippen LogP contribution in [-0.4, -0.2) is 5.67 Å². The van der Waals surface area contributed by atoms with Crippen molar-refractivity contribution in [2.24, 2.45) is 5.92 Å². The average Bonchev–Trinajstić information content (AvgIpc) is 2.03. The molecule has 13 heavy (non-hydrogen) atoms. The molecule has 0 N–H and O–H groups in total. The highest BCUT2D eigenvalue weighted by Gasteiger charge is 2.44. The van der Waals surface area contributed by atoms with Gasteiger partial charge in [0.15, 0.2) is 0 Å². The maximum absolute atomic E-state index is 14.0. The minimum Gasteiger partial charge on any atom is -0.239 e. The fraction of sp³-hybridized carbons (Fsp3) is 0.500. The Morgan fingerprint density at radius 3 is 2.54 bits per heavy atom. The second-order valence-corrected chi connectivity index (χ2v) is 3.83. The van der Waals surface area contributed by atoms with Gasteiger partial charge < -0.3 is 0 Å². The molecule has 1 aliphatic rings. The molecule has 0 atom stereocenters. The molecule has 1 fully saturated rings. The summed E-state index contributed by atoms with van der Waals surface area (Å²) in [6, 6.07) is 0. The number of alkyl halides is 1. The van der Waals surface area contributed by atoms with Crippen molar-refractivity contribution in [2.75, 3.05) is 0 Å². The quantitative estimate of drug-likeness (QED) is 0.579. The zero-order valence-electron chi connectivity index (χ0n) is 8.39. The Balaban J connectivity index is 2.72. The molecule has 1 heteroatoms. The minimum atomic E-state index is -1.10. The third-order valence-corrected chi connectivity index (χ3v) is 2.55. The lowest BCUT2D eigenvalue weighted by molar-refractivity contribution is 0.0556. The van der Waals surface area contributed by atoms with Crippen LogP contribution in [-0.2, 0) is 0 Å². The highest BCUT2D eigenvalue weighted by Crippen LogP contribution is 2.46. The third-order valence-electron chi connectivity index (χ3n) is 2.55. The number of rotatable bonds is 3. The van der Waals surface area contributed by atoms with Crippen LogP contribution in [0.1, 0.15) is 26.7 Å². The van der Waals surface area contributed by atoms with Gasteiger partial charge in [-0.15, -0.1) is 0 Å². The van der Waals surface area contributed by atoms with Gasteiger partial charge in [0.05, 0.1) is 0 Å². The molecular weight excluding hydrogens is 163 g/mol. The van der Waals surface area contributed by atoms with E-state index in [-0.39, 0.29) is 0 Å². The van der Waals surface area contributed by atoms with Gasteiger partial charge in [-0.05, 0) is 31.3 Å². The normalized spacial score (nSPS) is 34.7. The zero-order chi connectivity index (χ0) is 9.90. The Morgan fingerprint density at radius 1 is 1.54 bits per heavy atom. The molecule has 0 aliphatic heterocycles. The summed E-state index contributed by atoms with van der Waals surface area (Å²) < 4.78 is 14.0. The lowest BCUT2D eigenvalue weighted by atomic mass is 9.69. The Hall–Kier alpha value is -0.850. The summed E-state index contributed by atoms with van der Waals surface area (Å²) in [5.41, 5.74) is -0.371. The molecule has 0 radical (unpaired) electrons. The molecule has 1 rings (SSSR count). The van der Waals surface area contributed by atoms with Crippen LogP contribution in [0.3, 0.4) is 0 Å². The summed E-state index contributed by atoms with van der Waals surface area (Å²) in [5.74, 6) is 0.513. The monoisotopic (exact) mass is 180 g/mol. The van der Waals surface area contributed by atoms with Crippen molar-refractivity contribution in [3.05, 3.63) is 36.5 Å². The third kappa shape index (κ3) is 2.09. The van der Waals surface area contributed by atoms with E-state index in [1.807, 2.05) is 25.2 Å². The maximum Gasteiger partial charge on any atom is 0.136 e. The number of hydrogen-bond acceptors (Lipinski definition) is 0. The largest absolute Gasteiger partial charge is 0.239 e. The van der Waals surface area contributed by atoms with Crippen molar-refractivity contribution < 1.29 is 4.39 Å². The molecule has 0 heterocycles. The zero-order valence-corrected chi connectivity index (χ0v) is 8.39. The average molecular weight is 180 g/mol. The van der Waals surface area contributed by atoms with Crippen LogP contribution in [0.4, 0.5) is 4.39 Å². The summed E-state index contributed by atoms with van der Waals surface area (Å²) in [7, 11) is 0. The SMILES string of the molecule is C=C/C(=C\C=C/C)C1(F)CC(C)C1. The predicted molar refractivity (Wildman–Crippen MR) is 55.3 cm³/mol. The molecule has 0 aromatic carbocycles. The van der Waals surface area contributed by atoms with E-state index in [1.54, 1.807) is 6.08 Å². The van der Waals surface area contributed by atoms with E-state index >= 15 is 0 Å². The van der Waals surface area contributed by atoms with E-state index in [0.29, 0.717) is 18.8 Å². The second-order valence-electron chi connectivity index (χ2n) is 3.83. The van der Waals surface area contributed by atoms with Crippen molar-refractivity contribution >= 4 is 0 Å². The van der Waals surface area contributed by atoms with Crippen molar-refractivity contribution in [2.45, 2.75) is 32.4 Å². The Labute approximate surface area is 79.8 Å². The Bertz CT molecular complexity index is 242. The maximum atomic E-state index is 14.0. The fourth-order valence-electron chi connectivity index (χ4n) is 1.88. The molecule has 0 saturated heterocycles. The molecule has 1 aliphatic carbocycles. The van der Waals surface area contributed by atoms with Crippen molar-refractivity contribution in [1.29, 1.82) is 0 Å². The van der Waals surface area contributed by atoms with Crippen molar-refractivity contribution in [3.8, 4) is 0 Å². The molecule has 0 bridgehead atoms. The van der Waals surface area contributed by atoms with Gasteiger partial charge in [0.2, 0.25) is 0 Å². The number of hydrogen-bond donors (Lipinski definition) is 0. The Morgan fingerprint density at radius 2 is 2.15 bits per heavy atom. The molecule has 72 valence electrons. The van der Waals surface area contributed by atoms with Gasteiger partial charge in [-0.25, -0.2) is 4.39 Å². The van der Waals surface area contributed by atoms with Gasteiger partial charge in [0.25, 0.3) is 0 Å². The van der Waals surface area contributed by atoms with Crippen LogP contribution in [0.5, 0.6) is 0 Å². The molecule has 0 aromatic rings. The number of allylic oxidation sites excluding steroid dienone is 5. The fourth-order valence-corrected chi connectivity index (χ4v) is 1.88. The summed E-state index contributed by atoms with van der Waals surface area (Å²) in [4.78, 5) is 0. The first-order chi connectivity index (χ1) is 6.12. The van der Waals surface area contributed by atoms with Gasteiger partial charge in [0, 0.05) is 0 Å². The summed E-state index contributed by atoms with van der Waals surface area (Å²) in [6.45, 7) is 7.64. The van der Waals surface area contributed by atoms with Crippen molar-refractivity contribution in [3.63, 3.8) is 0 Å². The van der Waals surface area contributed by atoms with Gasteiger partial charge in [-0.3, -0.25) is 0 Å². The molecule has 0 unspecified atom stereocenters. The molecule has 0 nitrogen and oxygen atoms in total. The summed E-state index contributed by atoms with van der Waals surface area (Å²) in [6.07, 6.45) is 8.49. The van der Waals surface area contributed by atoms with Crippen LogP contribution in [0.15, 0.2) is 36.5 Å². The first kappa shape index (κ1) is 10.2. The molecule has 0 aromatic heterocycles. The van der Waals surface area contributed by atoms with Crippen LogP contribution in [0.25, 0.3) is 0 Å². The smallest absolute Gasteiger partial charge is 0.136 e. The highest BCUT2D eigenvalue weighted by atomic mass is 19.1. The molecule has 1 saturated carbocycles. The van der Waals surface area contributed by atoms with Gasteiger partial charge in [-0.2, -0.15) is 0 Å². The molecule has 0 spiro atoms. The standard InChI is InChI=1S/C12H17F/c1-4-6-7-11(5-2)12(13)8-10(3)9-12/h4-7,10H,2,8-9H2,1,3H3/b6-4-,11-7+. The Kier molecular flexibility index (Phi) is 3.07. The summed E-state index contributed by atoms with van der Waals surface area (Å²) >= 11 is 0. The van der Waals surface area contributed by atoms with E-state index in [4.69, 9.17) is 0 Å². The van der Waals surface area contributed by atoms with Crippen LogP contribution < -0.4 is 0 Å². The summed E-state index contributed by atoms with van der Waals surface area (Å²) in [5, 5.41) is 0. The predicted octanol–water partition coefficient (Wildman–Crippen LogP) is 3.81. The van der Waals surface area contributed by atoms with Crippen LogP contribution >= 0.6 is 0 Å². The second kappa shape index (κ2) is 3.91.